The molecule has 1 saturated heterocycles. The van der Waals surface area contributed by atoms with Gasteiger partial charge in [-0.3, -0.25) is 25.0 Å². The summed E-state index contributed by atoms with van der Waals surface area (Å²) in [7, 11) is 0. The van der Waals surface area contributed by atoms with E-state index in [0.29, 0.717) is 24.2 Å². The minimum Gasteiger partial charge on any atom is -0.367 e. The number of aryl methyl sites for hydroxylation is 1. The molecule has 0 unspecified atom stereocenters. The van der Waals surface area contributed by atoms with Crippen LogP contribution in [0.25, 0.3) is 0 Å². The minimum absolute atomic E-state index is 0.0163. The van der Waals surface area contributed by atoms with Crippen molar-refractivity contribution in [3.63, 3.8) is 0 Å². The number of non-ortho nitro benzene ring substituents is 1. The van der Waals surface area contributed by atoms with Gasteiger partial charge < -0.3 is 4.90 Å². The second-order valence-corrected chi connectivity index (χ2v) is 9.31. The SMILES string of the molecule is CCCCN1c2ccc([N+](=O)[O-])cc2C[C@@]2(C(=O)NC(=O)N(c3ccc(C)cc3)C2=O)[C@H]1CCC. The Hall–Kier alpha value is -3.75. The molecule has 2 heterocycles. The number of barbiturate groups is 1. The molecule has 184 valence electrons. The number of urea groups is 1. The molecule has 2 atom stereocenters. The Labute approximate surface area is 204 Å². The van der Waals surface area contributed by atoms with Crippen molar-refractivity contribution in [1.29, 1.82) is 0 Å². The maximum atomic E-state index is 14.2. The summed E-state index contributed by atoms with van der Waals surface area (Å²) in [5.74, 6) is -1.24. The third-order valence-corrected chi connectivity index (χ3v) is 7.02. The van der Waals surface area contributed by atoms with Crippen LogP contribution < -0.4 is 15.1 Å². The molecule has 0 radical (unpaired) electrons. The fourth-order valence-electron chi connectivity index (χ4n) is 5.27. The first-order chi connectivity index (χ1) is 16.7. The van der Waals surface area contributed by atoms with Gasteiger partial charge in [-0.2, -0.15) is 0 Å². The van der Waals surface area contributed by atoms with Crippen molar-refractivity contribution in [2.75, 3.05) is 16.3 Å². The number of hydrogen-bond donors (Lipinski definition) is 1. The molecule has 0 saturated carbocycles. The van der Waals surface area contributed by atoms with Crippen molar-refractivity contribution in [2.45, 2.75) is 58.9 Å². The number of carbonyl (C=O) groups is 3. The lowest BCUT2D eigenvalue weighted by Gasteiger charge is -2.52. The fourth-order valence-corrected chi connectivity index (χ4v) is 5.27. The molecule has 1 spiro atoms. The van der Waals surface area contributed by atoms with Crippen LogP contribution in [0.5, 0.6) is 0 Å². The Kier molecular flexibility index (Phi) is 6.60. The first-order valence-corrected chi connectivity index (χ1v) is 12.0. The lowest BCUT2D eigenvalue weighted by molar-refractivity contribution is -0.384. The Morgan fingerprint density at radius 2 is 1.80 bits per heavy atom. The number of nitro benzene ring substituents is 1. The lowest BCUT2D eigenvalue weighted by atomic mass is 9.67. The van der Waals surface area contributed by atoms with Crippen LogP contribution in [-0.4, -0.2) is 35.4 Å². The lowest BCUT2D eigenvalue weighted by Crippen LogP contribution is -2.72. The average molecular weight is 479 g/mol. The molecule has 9 nitrogen and oxygen atoms in total. The number of fused-ring (bicyclic) bond motifs is 1. The van der Waals surface area contributed by atoms with Gasteiger partial charge in [0.2, 0.25) is 5.91 Å². The Bertz CT molecular complexity index is 1180. The highest BCUT2D eigenvalue weighted by Crippen LogP contribution is 2.47. The molecule has 0 aliphatic carbocycles. The van der Waals surface area contributed by atoms with Gasteiger partial charge in [-0.15, -0.1) is 0 Å². The monoisotopic (exact) mass is 478 g/mol. The molecule has 4 rings (SSSR count). The summed E-state index contributed by atoms with van der Waals surface area (Å²) in [4.78, 5) is 54.9. The summed E-state index contributed by atoms with van der Waals surface area (Å²) >= 11 is 0. The molecule has 0 bridgehead atoms. The van der Waals surface area contributed by atoms with E-state index in [1.807, 2.05) is 13.8 Å². The van der Waals surface area contributed by atoms with E-state index in [-0.39, 0.29) is 12.1 Å². The summed E-state index contributed by atoms with van der Waals surface area (Å²) in [6, 6.07) is 10.3. The van der Waals surface area contributed by atoms with Gasteiger partial charge in [0.1, 0.15) is 0 Å². The number of amides is 4. The van der Waals surface area contributed by atoms with Crippen LogP contribution in [0.2, 0.25) is 0 Å². The summed E-state index contributed by atoms with van der Waals surface area (Å²) < 4.78 is 0. The summed E-state index contributed by atoms with van der Waals surface area (Å²) in [5, 5.41) is 13.9. The van der Waals surface area contributed by atoms with Crippen LogP contribution in [0.4, 0.5) is 21.9 Å². The highest BCUT2D eigenvalue weighted by Gasteiger charge is 2.62. The predicted molar refractivity (Wildman–Crippen MR) is 132 cm³/mol. The zero-order valence-electron chi connectivity index (χ0n) is 20.2. The van der Waals surface area contributed by atoms with Gasteiger partial charge in [0, 0.05) is 30.8 Å². The molecule has 4 amide bonds. The van der Waals surface area contributed by atoms with Crippen molar-refractivity contribution in [1.82, 2.24) is 5.32 Å². The highest BCUT2D eigenvalue weighted by molar-refractivity contribution is 6.30. The average Bonchev–Trinajstić information content (AvgIpc) is 2.83. The molecule has 9 heteroatoms. The van der Waals surface area contributed by atoms with Crippen LogP contribution in [0.1, 0.15) is 50.7 Å². The van der Waals surface area contributed by atoms with Crippen LogP contribution in [-0.2, 0) is 16.0 Å². The van der Waals surface area contributed by atoms with Gasteiger partial charge >= 0.3 is 6.03 Å². The van der Waals surface area contributed by atoms with Crippen molar-refractivity contribution in [3.8, 4) is 0 Å². The van der Waals surface area contributed by atoms with E-state index in [4.69, 9.17) is 0 Å². The molecule has 2 aromatic carbocycles. The number of hydrogen-bond acceptors (Lipinski definition) is 6. The number of rotatable bonds is 7. The van der Waals surface area contributed by atoms with Gasteiger partial charge in [0.05, 0.1) is 16.7 Å². The van der Waals surface area contributed by atoms with E-state index in [1.165, 1.54) is 12.1 Å². The molecule has 35 heavy (non-hydrogen) atoms. The van der Waals surface area contributed by atoms with Gasteiger partial charge in [-0.05, 0) is 43.5 Å². The van der Waals surface area contributed by atoms with E-state index < -0.39 is 34.2 Å². The number of nitrogens with zero attached hydrogens (tertiary/aromatic N) is 3. The number of anilines is 2. The summed E-state index contributed by atoms with van der Waals surface area (Å²) in [6.07, 6.45) is 2.98. The number of nitro groups is 1. The van der Waals surface area contributed by atoms with Crippen LogP contribution >= 0.6 is 0 Å². The Morgan fingerprint density at radius 3 is 2.43 bits per heavy atom. The fraction of sp³-hybridized carbons (Fsp3) is 0.423. The predicted octanol–water partition coefficient (Wildman–Crippen LogP) is 4.50. The topological polar surface area (TPSA) is 113 Å². The minimum atomic E-state index is -1.59. The van der Waals surface area contributed by atoms with Crippen LogP contribution in [0, 0.1) is 22.5 Å². The highest BCUT2D eigenvalue weighted by atomic mass is 16.6. The molecular formula is C26H30N4O5. The zero-order valence-corrected chi connectivity index (χ0v) is 20.2. The molecule has 1 fully saturated rings. The van der Waals surface area contributed by atoms with Gasteiger partial charge in [-0.1, -0.05) is 44.4 Å². The van der Waals surface area contributed by atoms with Crippen LogP contribution in [0.15, 0.2) is 42.5 Å². The molecule has 2 aliphatic rings. The van der Waals surface area contributed by atoms with Gasteiger partial charge in [-0.25, -0.2) is 9.69 Å². The molecule has 2 aliphatic heterocycles. The maximum Gasteiger partial charge on any atom is 0.335 e. The van der Waals surface area contributed by atoms with Crippen molar-refractivity contribution >= 4 is 34.9 Å². The number of benzene rings is 2. The number of unbranched alkanes of at least 4 members (excludes halogenated alkanes) is 1. The number of nitrogens with one attached hydrogen (secondary N) is 1. The van der Waals surface area contributed by atoms with E-state index in [0.717, 1.165) is 35.4 Å². The first-order valence-electron chi connectivity index (χ1n) is 12.0. The summed E-state index contributed by atoms with van der Waals surface area (Å²) in [5.41, 5.74) is 1.02. The third-order valence-electron chi connectivity index (χ3n) is 7.02. The second kappa shape index (κ2) is 9.48. The smallest absolute Gasteiger partial charge is 0.335 e. The van der Waals surface area contributed by atoms with Crippen molar-refractivity contribution in [3.05, 3.63) is 63.7 Å². The van der Waals surface area contributed by atoms with E-state index in [1.54, 1.807) is 30.3 Å². The Balaban J connectivity index is 1.91. The number of carbonyl (C=O) groups excluding carboxylic acids is 3. The van der Waals surface area contributed by atoms with E-state index in [2.05, 4.69) is 17.1 Å². The molecule has 2 aromatic rings. The number of imide groups is 2. The van der Waals surface area contributed by atoms with Gasteiger partial charge in [0.15, 0.2) is 5.41 Å². The molecule has 1 N–H and O–H groups in total. The summed E-state index contributed by atoms with van der Waals surface area (Å²) in [6.45, 7) is 6.54. The molecular weight excluding hydrogens is 448 g/mol. The quantitative estimate of drug-likeness (QED) is 0.356. The molecule has 0 aromatic heterocycles. The maximum absolute atomic E-state index is 14.2. The van der Waals surface area contributed by atoms with E-state index >= 15 is 0 Å². The standard InChI is InChI=1S/C26H30N4O5/c1-4-6-14-28-21-13-12-20(30(34)35)15-18(21)16-26(22(28)7-5-2)23(31)27-25(33)29(24(26)32)19-10-8-17(3)9-11-19/h8-13,15,22H,4-7,14,16H2,1-3H3,(H,27,31,33)/t22-,26+/m1/s1. The Morgan fingerprint density at radius 1 is 1.09 bits per heavy atom. The second-order valence-electron chi connectivity index (χ2n) is 9.31. The van der Waals surface area contributed by atoms with E-state index in [9.17, 15) is 24.5 Å². The largest absolute Gasteiger partial charge is 0.367 e. The normalized spacial score (nSPS) is 21.8. The van der Waals surface area contributed by atoms with Gasteiger partial charge in [0.25, 0.3) is 11.6 Å². The van der Waals surface area contributed by atoms with Crippen molar-refractivity contribution < 1.29 is 19.3 Å². The van der Waals surface area contributed by atoms with Crippen molar-refractivity contribution in [2.24, 2.45) is 5.41 Å². The first kappa shape index (κ1) is 24.4. The third kappa shape index (κ3) is 4.05. The zero-order chi connectivity index (χ0) is 25.3. The van der Waals surface area contributed by atoms with Crippen LogP contribution in [0.3, 0.4) is 0 Å².